The summed E-state index contributed by atoms with van der Waals surface area (Å²) in [5, 5.41) is 62.7. The second-order valence-electron chi connectivity index (χ2n) is 14.3. The number of esters is 1. The molecule has 45 heavy (non-hydrogen) atoms. The Morgan fingerprint density at radius 1 is 0.933 bits per heavy atom. The van der Waals surface area contributed by atoms with Gasteiger partial charge in [0.1, 0.15) is 49.3 Å². The molecule has 6 N–H and O–H groups in total. The smallest absolute Gasteiger partial charge is 0.336 e. The lowest BCUT2D eigenvalue weighted by Gasteiger charge is -2.59. The lowest BCUT2D eigenvalue weighted by molar-refractivity contribution is -0.375. The number of carbonyl (C=O) groups excluding carboxylic acids is 1. The van der Waals surface area contributed by atoms with Crippen LogP contribution < -0.4 is 0 Å². The van der Waals surface area contributed by atoms with Gasteiger partial charge in [0, 0.05) is 0 Å². The first-order chi connectivity index (χ1) is 21.3. The van der Waals surface area contributed by atoms with E-state index in [1.165, 1.54) is 18.1 Å². The topological polar surface area (TPSA) is 194 Å². The van der Waals surface area contributed by atoms with Crippen LogP contribution in [0.3, 0.4) is 0 Å². The van der Waals surface area contributed by atoms with Crippen molar-refractivity contribution in [1.82, 2.24) is 0 Å². The molecule has 13 nitrogen and oxygen atoms in total. The van der Waals surface area contributed by atoms with Crippen LogP contribution >= 0.6 is 0 Å². The molecule has 3 fully saturated rings. The summed E-state index contributed by atoms with van der Waals surface area (Å²) in [7, 11) is 0. The third-order valence-corrected chi connectivity index (χ3v) is 11.4. The fraction of sp³-hybridized carbons (Fsp3) is 0.844. The quantitative estimate of drug-likeness (QED) is 0.166. The average Bonchev–Trinajstić information content (AvgIpc) is 3.44. The van der Waals surface area contributed by atoms with Gasteiger partial charge in [-0.05, 0) is 67.4 Å². The van der Waals surface area contributed by atoms with Crippen molar-refractivity contribution in [3.8, 4) is 0 Å². The first-order valence-corrected chi connectivity index (χ1v) is 16.1. The monoisotopic (exact) mass is 640 g/mol. The molecule has 4 aliphatic heterocycles. The first-order valence-electron chi connectivity index (χ1n) is 16.1. The minimum absolute atomic E-state index is 0.165. The maximum absolute atomic E-state index is 12.3. The molecule has 2 saturated heterocycles. The van der Waals surface area contributed by atoms with Gasteiger partial charge in [-0.2, -0.15) is 0 Å². The van der Waals surface area contributed by atoms with Crippen LogP contribution in [0.25, 0.3) is 0 Å². The highest BCUT2D eigenvalue weighted by Gasteiger charge is 2.58. The Kier molecular flexibility index (Phi) is 9.29. The Morgan fingerprint density at radius 2 is 1.69 bits per heavy atom. The summed E-state index contributed by atoms with van der Waals surface area (Å²) in [4.78, 5) is 12.3. The fourth-order valence-electron chi connectivity index (χ4n) is 8.76. The number of aliphatic hydroxyl groups excluding tert-OH is 6. The zero-order valence-corrected chi connectivity index (χ0v) is 26.3. The predicted molar refractivity (Wildman–Crippen MR) is 154 cm³/mol. The lowest BCUT2D eigenvalue weighted by Crippen LogP contribution is -2.65. The van der Waals surface area contributed by atoms with E-state index in [2.05, 4.69) is 20.8 Å². The van der Waals surface area contributed by atoms with Crippen molar-refractivity contribution in [2.24, 2.45) is 16.7 Å². The Balaban J connectivity index is 1.22. The fourth-order valence-corrected chi connectivity index (χ4v) is 8.76. The van der Waals surface area contributed by atoms with E-state index in [-0.39, 0.29) is 36.1 Å². The summed E-state index contributed by atoms with van der Waals surface area (Å²) >= 11 is 0. The van der Waals surface area contributed by atoms with Crippen molar-refractivity contribution >= 4 is 5.97 Å². The van der Waals surface area contributed by atoms with E-state index in [4.69, 9.17) is 28.4 Å². The van der Waals surface area contributed by atoms with E-state index in [0.29, 0.717) is 25.0 Å². The van der Waals surface area contributed by atoms with Crippen LogP contribution in [0, 0.1) is 16.7 Å². The molecule has 4 heterocycles. The number of fused-ring (bicyclic) bond motifs is 2. The molecule has 0 spiro atoms. The van der Waals surface area contributed by atoms with Gasteiger partial charge in [-0.25, -0.2) is 4.79 Å². The molecular formula is C32H48O13. The molecule has 0 amide bonds. The maximum atomic E-state index is 12.3. The third kappa shape index (κ3) is 5.71. The van der Waals surface area contributed by atoms with Gasteiger partial charge in [0.25, 0.3) is 0 Å². The van der Waals surface area contributed by atoms with Crippen LogP contribution in [0.15, 0.2) is 22.8 Å². The second-order valence-corrected chi connectivity index (χ2v) is 14.3. The average molecular weight is 641 g/mol. The normalized spacial score (nSPS) is 48.4. The number of ether oxygens (including phenoxy) is 6. The largest absolute Gasteiger partial charge is 0.458 e. The zero-order chi connectivity index (χ0) is 32.4. The van der Waals surface area contributed by atoms with Gasteiger partial charge in [-0.15, -0.1) is 0 Å². The number of cyclic esters (lactones) is 1. The predicted octanol–water partition coefficient (Wildman–Crippen LogP) is -0.172. The summed E-state index contributed by atoms with van der Waals surface area (Å²) in [6.45, 7) is 8.30. The highest BCUT2D eigenvalue weighted by atomic mass is 16.8. The molecule has 0 aromatic heterocycles. The summed E-state index contributed by atoms with van der Waals surface area (Å²) < 4.78 is 35.4. The summed E-state index contributed by atoms with van der Waals surface area (Å²) in [5.41, 5.74) is 2.67. The van der Waals surface area contributed by atoms with Crippen LogP contribution in [0.5, 0.6) is 0 Å². The number of hydrogen-bond acceptors (Lipinski definition) is 13. The first kappa shape index (κ1) is 33.4. The molecule has 0 aromatic carbocycles. The van der Waals surface area contributed by atoms with Gasteiger partial charge in [0.2, 0.25) is 0 Å². The van der Waals surface area contributed by atoms with Gasteiger partial charge in [-0.3, -0.25) is 0 Å². The molecular weight excluding hydrogens is 592 g/mol. The zero-order valence-electron chi connectivity index (χ0n) is 26.3. The molecule has 0 unspecified atom stereocenters. The molecule has 6 rings (SSSR count). The Bertz CT molecular complexity index is 1190. The van der Waals surface area contributed by atoms with Crippen molar-refractivity contribution in [3.05, 3.63) is 22.8 Å². The van der Waals surface area contributed by atoms with Crippen molar-refractivity contribution in [2.45, 2.75) is 133 Å². The Hall–Kier alpha value is -1.49. The van der Waals surface area contributed by atoms with Gasteiger partial charge in [0.05, 0.1) is 37.1 Å². The van der Waals surface area contributed by atoms with Gasteiger partial charge in [0.15, 0.2) is 12.6 Å². The van der Waals surface area contributed by atoms with E-state index in [1.54, 1.807) is 0 Å². The number of carbonyl (C=O) groups is 1. The van der Waals surface area contributed by atoms with E-state index in [0.717, 1.165) is 19.3 Å². The van der Waals surface area contributed by atoms with Crippen molar-refractivity contribution in [2.75, 3.05) is 19.8 Å². The van der Waals surface area contributed by atoms with E-state index < -0.39 is 73.4 Å². The second kappa shape index (κ2) is 12.5. The standard InChI is InChI=1S/C32H48O13/c1-14-22(34)24(36)26(38)29(42-14)45-27-25(37)23(35)19(12-33)43-30(27)44-21-7-9-32(4)17-11-18(16-8-10-40-28(16)39)41-13-15(17)5-6-20(32)31(21,2)3/h8,14,18-27,29-30,33-38H,5-7,9-13H2,1-4H3/t14-,18-,19+,20-,21-,22-,23+,24+,25-,26+,27+,29-,30-,32+/m0/s1. The Morgan fingerprint density at radius 3 is 2.38 bits per heavy atom. The molecule has 14 atom stereocenters. The van der Waals surface area contributed by atoms with Gasteiger partial charge < -0.3 is 59.1 Å². The molecule has 0 bridgehead atoms. The molecule has 6 aliphatic rings. The van der Waals surface area contributed by atoms with Crippen LogP contribution in [-0.4, -0.2) is 130 Å². The molecule has 0 radical (unpaired) electrons. The minimum Gasteiger partial charge on any atom is -0.458 e. The molecule has 13 heteroatoms. The number of hydrogen-bond donors (Lipinski definition) is 6. The van der Waals surface area contributed by atoms with E-state index in [9.17, 15) is 35.4 Å². The van der Waals surface area contributed by atoms with Crippen LogP contribution in [0.1, 0.15) is 59.8 Å². The third-order valence-electron chi connectivity index (χ3n) is 11.4. The van der Waals surface area contributed by atoms with Crippen LogP contribution in [0.4, 0.5) is 0 Å². The molecule has 2 aliphatic carbocycles. The Labute approximate surface area is 262 Å². The maximum Gasteiger partial charge on any atom is 0.336 e. The van der Waals surface area contributed by atoms with Crippen LogP contribution in [0.2, 0.25) is 0 Å². The van der Waals surface area contributed by atoms with Crippen molar-refractivity contribution in [3.63, 3.8) is 0 Å². The molecule has 1 saturated carbocycles. The molecule has 254 valence electrons. The van der Waals surface area contributed by atoms with Crippen molar-refractivity contribution in [1.29, 1.82) is 0 Å². The minimum atomic E-state index is -1.64. The van der Waals surface area contributed by atoms with Crippen LogP contribution in [-0.2, 0) is 33.2 Å². The summed E-state index contributed by atoms with van der Waals surface area (Å²) in [6.07, 6.45) is -8.79. The number of aliphatic hydroxyl groups is 6. The summed E-state index contributed by atoms with van der Waals surface area (Å²) in [5.74, 6) is -0.123. The highest BCUT2D eigenvalue weighted by Crippen LogP contribution is 2.62. The SMILES string of the molecule is C[C@@H]1O[C@@H](O[C@H]2[C@H](O[C@H]3CC[C@]4(C)C5=C(CC[C@H]4C3(C)C)CO[C@H](C3=CCOC3=O)C5)O[C@H](CO)[C@@H](O)[C@@H]2O)[C@H](O)[C@H](O)[C@H]1O. The van der Waals surface area contributed by atoms with E-state index in [1.807, 2.05) is 6.08 Å². The summed E-state index contributed by atoms with van der Waals surface area (Å²) in [6, 6.07) is 0. The number of rotatable bonds is 6. The van der Waals surface area contributed by atoms with Gasteiger partial charge in [-0.1, -0.05) is 26.3 Å². The lowest BCUT2D eigenvalue weighted by atomic mass is 9.48. The van der Waals surface area contributed by atoms with Gasteiger partial charge >= 0.3 is 5.97 Å². The molecule has 0 aromatic rings. The van der Waals surface area contributed by atoms with Crippen molar-refractivity contribution < 1.29 is 63.9 Å². The van der Waals surface area contributed by atoms with E-state index >= 15 is 0 Å². The highest BCUT2D eigenvalue weighted by molar-refractivity contribution is 5.91.